The van der Waals surface area contributed by atoms with Gasteiger partial charge in [-0.1, -0.05) is 63.6 Å². The number of aliphatic carboxylic acids is 1. The number of carboxylic acids is 1. The van der Waals surface area contributed by atoms with Crippen LogP contribution in [0.15, 0.2) is 24.3 Å². The number of aliphatic hydroxyl groups excluding tert-OH is 1. The molecular weight excluding hydrogens is 301 g/mol. The normalized spacial score (nSPS) is 11.6. The third kappa shape index (κ3) is 8.20. The van der Waals surface area contributed by atoms with Gasteiger partial charge in [-0.3, -0.25) is 0 Å². The van der Waals surface area contributed by atoms with Crippen LogP contribution in [-0.2, 0) is 11.2 Å². The van der Waals surface area contributed by atoms with Crippen LogP contribution in [0.3, 0.4) is 0 Å². The Hall–Kier alpha value is -0.550. The number of carboxylic acid groups (broad SMARTS) is 1. The first-order chi connectivity index (χ1) is 10.6. The number of hydrogen-bond donors (Lipinski definition) is 2. The second-order valence-corrected chi connectivity index (χ2v) is 5.82. The van der Waals surface area contributed by atoms with Gasteiger partial charge in [-0.25, -0.2) is 4.79 Å². The molecule has 0 spiro atoms. The topological polar surface area (TPSA) is 60.8 Å². The molecular formula is C18H30NNaO3. The Morgan fingerprint density at radius 3 is 2.26 bits per heavy atom. The molecule has 2 N–H and O–H groups in total. The summed E-state index contributed by atoms with van der Waals surface area (Å²) in [5.41, 5.74) is 1.89. The zero-order valence-electron chi connectivity index (χ0n) is 13.8. The van der Waals surface area contributed by atoms with Crippen molar-refractivity contribution < 1.29 is 15.0 Å². The van der Waals surface area contributed by atoms with Gasteiger partial charge < -0.3 is 15.1 Å². The molecule has 0 heterocycles. The Kier molecular flexibility index (Phi) is 12.5. The van der Waals surface area contributed by atoms with E-state index in [0.717, 1.165) is 24.1 Å². The van der Waals surface area contributed by atoms with Crippen LogP contribution < -0.4 is 4.90 Å². The first-order valence-electron chi connectivity index (χ1n) is 8.29. The fourth-order valence-electron chi connectivity index (χ4n) is 2.64. The molecule has 126 valence electrons. The third-order valence-corrected chi connectivity index (χ3v) is 4.01. The molecule has 0 aliphatic carbocycles. The Bertz CT molecular complexity index is 454. The van der Waals surface area contributed by atoms with E-state index in [1.165, 1.54) is 43.4 Å². The predicted octanol–water partition coefficient (Wildman–Crippen LogP) is 3.17. The Balaban J connectivity index is 0.00000484. The first-order valence-corrected chi connectivity index (χ1v) is 8.29. The molecule has 0 aliphatic heterocycles. The summed E-state index contributed by atoms with van der Waals surface area (Å²) in [6, 6.07) is 7.70. The number of benzene rings is 1. The summed E-state index contributed by atoms with van der Waals surface area (Å²) in [7, 11) is 1.61. The number of anilines is 1. The van der Waals surface area contributed by atoms with E-state index in [1.807, 2.05) is 24.3 Å². The van der Waals surface area contributed by atoms with Crippen molar-refractivity contribution in [2.24, 2.45) is 0 Å². The number of unbranched alkanes of at least 4 members (excludes halogenated alkanes) is 6. The minimum atomic E-state index is -1.50. The quantitative estimate of drug-likeness (QED) is 0.371. The minimum absolute atomic E-state index is 0. The number of likely N-dealkylation sites (N-methyl/N-ethyl adjacent to an activating group) is 1. The molecule has 0 amide bonds. The summed E-state index contributed by atoms with van der Waals surface area (Å²) in [6.45, 7) is 2.22. The fraction of sp³-hybridized carbons (Fsp3) is 0.611. The van der Waals surface area contributed by atoms with Gasteiger partial charge in [0.05, 0.1) is 0 Å². The number of aliphatic hydroxyl groups is 1. The van der Waals surface area contributed by atoms with Crippen molar-refractivity contribution in [1.82, 2.24) is 0 Å². The summed E-state index contributed by atoms with van der Waals surface area (Å²) in [5, 5.41) is 18.6. The van der Waals surface area contributed by atoms with Crippen molar-refractivity contribution in [3.05, 3.63) is 29.8 Å². The summed E-state index contributed by atoms with van der Waals surface area (Å²) >= 11 is 0. The standard InChI is InChI=1S/C18H29NO3.Na.H/c1-3-4-5-6-7-8-9-12-15-13-10-11-14-16(15)19(2)17(20)18(21)22;;/h10-11,13-14,17,20H,3-9,12H2,1-2H3,(H,21,22);;. The number of para-hydroxylation sites is 1. The van der Waals surface area contributed by atoms with Crippen LogP contribution in [0.2, 0.25) is 0 Å². The van der Waals surface area contributed by atoms with E-state index < -0.39 is 12.2 Å². The molecule has 0 aromatic heterocycles. The second kappa shape index (κ2) is 12.8. The Labute approximate surface area is 162 Å². The van der Waals surface area contributed by atoms with Crippen molar-refractivity contribution in [3.63, 3.8) is 0 Å². The number of nitrogens with zero attached hydrogens (tertiary/aromatic N) is 1. The van der Waals surface area contributed by atoms with Gasteiger partial charge in [0.25, 0.3) is 0 Å². The molecule has 0 fully saturated rings. The predicted molar refractivity (Wildman–Crippen MR) is 97.3 cm³/mol. The van der Waals surface area contributed by atoms with Crippen LogP contribution in [-0.4, -0.2) is 59.0 Å². The summed E-state index contributed by atoms with van der Waals surface area (Å²) < 4.78 is 0. The van der Waals surface area contributed by atoms with Crippen molar-refractivity contribution in [1.29, 1.82) is 0 Å². The third-order valence-electron chi connectivity index (χ3n) is 4.01. The van der Waals surface area contributed by atoms with Gasteiger partial charge >= 0.3 is 35.5 Å². The van der Waals surface area contributed by atoms with Crippen LogP contribution in [0.4, 0.5) is 5.69 Å². The molecule has 0 aliphatic rings. The van der Waals surface area contributed by atoms with Gasteiger partial charge in [-0.15, -0.1) is 0 Å². The van der Waals surface area contributed by atoms with E-state index in [2.05, 4.69) is 6.92 Å². The van der Waals surface area contributed by atoms with Crippen LogP contribution in [0.5, 0.6) is 0 Å². The van der Waals surface area contributed by atoms with Gasteiger partial charge in [0.1, 0.15) is 0 Å². The molecule has 4 nitrogen and oxygen atoms in total. The van der Waals surface area contributed by atoms with Crippen LogP contribution in [0.25, 0.3) is 0 Å². The molecule has 0 saturated carbocycles. The zero-order chi connectivity index (χ0) is 16.4. The average Bonchev–Trinajstić information content (AvgIpc) is 2.53. The summed E-state index contributed by atoms with van der Waals surface area (Å²) in [5.74, 6) is -1.23. The molecule has 1 rings (SSSR count). The molecule has 0 radical (unpaired) electrons. The van der Waals surface area contributed by atoms with Crippen molar-refractivity contribution in [3.8, 4) is 0 Å². The van der Waals surface area contributed by atoms with E-state index in [4.69, 9.17) is 5.11 Å². The molecule has 1 atom stereocenters. The second-order valence-electron chi connectivity index (χ2n) is 5.82. The molecule has 23 heavy (non-hydrogen) atoms. The number of aryl methyl sites for hydroxylation is 1. The van der Waals surface area contributed by atoms with Gasteiger partial charge in [0, 0.05) is 12.7 Å². The van der Waals surface area contributed by atoms with Crippen LogP contribution in [0, 0.1) is 0 Å². The van der Waals surface area contributed by atoms with Gasteiger partial charge in [-0.05, 0) is 24.5 Å². The van der Waals surface area contributed by atoms with Crippen molar-refractivity contribution in [2.45, 2.75) is 64.5 Å². The molecule has 1 aromatic rings. The number of carbonyl (C=O) groups is 1. The van der Waals surface area contributed by atoms with E-state index in [1.54, 1.807) is 7.05 Å². The SMILES string of the molecule is CCCCCCCCCc1ccccc1N(C)C(O)C(=O)O.[NaH]. The maximum absolute atomic E-state index is 10.9. The summed E-state index contributed by atoms with van der Waals surface area (Å²) in [6.07, 6.45) is 8.18. The van der Waals surface area contributed by atoms with E-state index in [0.29, 0.717) is 0 Å². The van der Waals surface area contributed by atoms with Gasteiger partial charge in [-0.2, -0.15) is 0 Å². The first kappa shape index (κ1) is 22.4. The van der Waals surface area contributed by atoms with Crippen molar-refractivity contribution in [2.75, 3.05) is 11.9 Å². The monoisotopic (exact) mass is 331 g/mol. The van der Waals surface area contributed by atoms with E-state index in [9.17, 15) is 9.90 Å². The Morgan fingerprint density at radius 2 is 1.65 bits per heavy atom. The summed E-state index contributed by atoms with van der Waals surface area (Å²) in [4.78, 5) is 12.3. The van der Waals surface area contributed by atoms with E-state index in [-0.39, 0.29) is 29.6 Å². The molecule has 1 aromatic carbocycles. The Morgan fingerprint density at radius 1 is 1.09 bits per heavy atom. The number of rotatable bonds is 11. The molecule has 0 saturated heterocycles. The van der Waals surface area contributed by atoms with E-state index >= 15 is 0 Å². The van der Waals surface area contributed by atoms with Gasteiger partial charge in [0.2, 0.25) is 6.23 Å². The fourth-order valence-corrected chi connectivity index (χ4v) is 2.64. The van der Waals surface area contributed by atoms with Crippen LogP contribution >= 0.6 is 0 Å². The number of hydrogen-bond acceptors (Lipinski definition) is 3. The zero-order valence-corrected chi connectivity index (χ0v) is 13.8. The molecule has 0 bridgehead atoms. The van der Waals surface area contributed by atoms with Crippen LogP contribution in [0.1, 0.15) is 57.4 Å². The average molecular weight is 331 g/mol. The van der Waals surface area contributed by atoms with Gasteiger partial charge in [0.15, 0.2) is 0 Å². The maximum atomic E-state index is 10.9. The molecule has 5 heteroatoms. The van der Waals surface area contributed by atoms with Crippen molar-refractivity contribution >= 4 is 41.2 Å². The molecule has 1 unspecified atom stereocenters.